The van der Waals surface area contributed by atoms with Crippen LogP contribution >= 0.6 is 11.3 Å². The van der Waals surface area contributed by atoms with Gasteiger partial charge in [-0.05, 0) is 47.7 Å². The maximum Gasteiger partial charge on any atom is 0.131 e. The molecule has 0 bridgehead atoms. The van der Waals surface area contributed by atoms with Crippen LogP contribution in [0.2, 0.25) is 0 Å². The highest BCUT2D eigenvalue weighted by molar-refractivity contribution is 7.13. The summed E-state index contributed by atoms with van der Waals surface area (Å²) < 4.78 is 13.9. The molecule has 0 unspecified atom stereocenters. The van der Waals surface area contributed by atoms with E-state index in [-0.39, 0.29) is 5.82 Å². The molecular formula is C17H15FN2S. The number of thiophene rings is 1. The Bertz CT molecular complexity index is 738. The monoisotopic (exact) mass is 298 g/mol. The molecule has 0 atom stereocenters. The molecule has 21 heavy (non-hydrogen) atoms. The molecule has 0 radical (unpaired) electrons. The van der Waals surface area contributed by atoms with Gasteiger partial charge in [0.05, 0.1) is 11.9 Å². The number of rotatable bonds is 4. The topological polar surface area (TPSA) is 24.9 Å². The van der Waals surface area contributed by atoms with Gasteiger partial charge in [-0.2, -0.15) is 0 Å². The first-order valence-electron chi connectivity index (χ1n) is 6.71. The number of aryl methyl sites for hydroxylation is 1. The van der Waals surface area contributed by atoms with Gasteiger partial charge in [-0.1, -0.05) is 12.1 Å². The molecule has 2 nitrogen and oxygen atoms in total. The number of aromatic nitrogens is 1. The van der Waals surface area contributed by atoms with Crippen molar-refractivity contribution in [2.75, 3.05) is 5.32 Å². The molecule has 3 rings (SSSR count). The lowest BCUT2D eigenvalue weighted by Crippen LogP contribution is -2.02. The number of anilines is 1. The number of halogens is 1. The zero-order valence-electron chi connectivity index (χ0n) is 11.6. The van der Waals surface area contributed by atoms with Crippen molar-refractivity contribution in [3.63, 3.8) is 0 Å². The Morgan fingerprint density at radius 2 is 2.14 bits per heavy atom. The van der Waals surface area contributed by atoms with Gasteiger partial charge in [0.1, 0.15) is 5.82 Å². The van der Waals surface area contributed by atoms with Crippen molar-refractivity contribution in [2.24, 2.45) is 0 Å². The minimum atomic E-state index is -0.182. The largest absolute Gasteiger partial charge is 0.380 e. The van der Waals surface area contributed by atoms with Crippen LogP contribution in [-0.2, 0) is 6.54 Å². The molecule has 2 heterocycles. The van der Waals surface area contributed by atoms with Crippen molar-refractivity contribution >= 4 is 17.0 Å². The first kappa shape index (κ1) is 13.8. The number of benzene rings is 1. The van der Waals surface area contributed by atoms with Gasteiger partial charge in [-0.25, -0.2) is 4.39 Å². The Kier molecular flexibility index (Phi) is 3.97. The molecule has 0 fully saturated rings. The summed E-state index contributed by atoms with van der Waals surface area (Å²) in [7, 11) is 0. The van der Waals surface area contributed by atoms with Crippen LogP contribution in [0.4, 0.5) is 10.1 Å². The summed E-state index contributed by atoms with van der Waals surface area (Å²) in [5, 5.41) is 5.30. The van der Waals surface area contributed by atoms with E-state index in [1.807, 2.05) is 42.6 Å². The molecular weight excluding hydrogens is 283 g/mol. The summed E-state index contributed by atoms with van der Waals surface area (Å²) in [6.07, 6.45) is 3.58. The van der Waals surface area contributed by atoms with Gasteiger partial charge >= 0.3 is 0 Å². The van der Waals surface area contributed by atoms with E-state index >= 15 is 0 Å². The van der Waals surface area contributed by atoms with Gasteiger partial charge in [-0.15, -0.1) is 11.3 Å². The fraction of sp³-hybridized carbons (Fsp3) is 0.118. The summed E-state index contributed by atoms with van der Waals surface area (Å²) in [5.74, 6) is -0.182. The molecule has 0 saturated heterocycles. The SMILES string of the molecule is Cc1ccncc1NCc1ccc(F)c(-c2cccs2)c1. The van der Waals surface area contributed by atoms with E-state index in [1.54, 1.807) is 23.7 Å². The number of pyridine rings is 1. The third-order valence-corrected chi connectivity index (χ3v) is 4.24. The average molecular weight is 298 g/mol. The van der Waals surface area contributed by atoms with Crippen LogP contribution in [0.1, 0.15) is 11.1 Å². The predicted octanol–water partition coefficient (Wildman–Crippen LogP) is 4.87. The Morgan fingerprint density at radius 3 is 2.90 bits per heavy atom. The second-order valence-corrected chi connectivity index (χ2v) is 5.78. The van der Waals surface area contributed by atoms with E-state index in [2.05, 4.69) is 10.3 Å². The summed E-state index contributed by atoms with van der Waals surface area (Å²) in [4.78, 5) is 5.06. The number of nitrogens with zero attached hydrogens (tertiary/aromatic N) is 1. The van der Waals surface area contributed by atoms with Crippen molar-refractivity contribution in [2.45, 2.75) is 13.5 Å². The third-order valence-electron chi connectivity index (χ3n) is 3.34. The standard InChI is InChI=1S/C17H15FN2S/c1-12-6-7-19-11-16(12)20-10-13-4-5-15(18)14(9-13)17-3-2-8-21-17/h2-9,11,20H,10H2,1H3. The van der Waals surface area contributed by atoms with Crippen LogP contribution in [0, 0.1) is 12.7 Å². The van der Waals surface area contributed by atoms with E-state index in [9.17, 15) is 4.39 Å². The van der Waals surface area contributed by atoms with Crippen LogP contribution < -0.4 is 5.32 Å². The van der Waals surface area contributed by atoms with Crippen molar-refractivity contribution < 1.29 is 4.39 Å². The summed E-state index contributed by atoms with van der Waals surface area (Å²) in [5.41, 5.74) is 3.85. The molecule has 0 spiro atoms. The molecule has 0 aliphatic rings. The highest BCUT2D eigenvalue weighted by atomic mass is 32.1. The van der Waals surface area contributed by atoms with E-state index in [0.717, 1.165) is 21.7 Å². The second-order valence-electron chi connectivity index (χ2n) is 4.84. The Morgan fingerprint density at radius 1 is 1.24 bits per heavy atom. The molecule has 0 aliphatic heterocycles. The van der Waals surface area contributed by atoms with Gasteiger partial charge in [0, 0.05) is 23.2 Å². The molecule has 4 heteroatoms. The predicted molar refractivity (Wildman–Crippen MR) is 86.0 cm³/mol. The Hall–Kier alpha value is -2.20. The normalized spacial score (nSPS) is 10.6. The molecule has 1 aromatic carbocycles. The molecule has 1 N–H and O–H groups in total. The van der Waals surface area contributed by atoms with Gasteiger partial charge in [0.25, 0.3) is 0 Å². The second kappa shape index (κ2) is 6.06. The zero-order chi connectivity index (χ0) is 14.7. The highest BCUT2D eigenvalue weighted by Gasteiger charge is 2.07. The number of hydrogen-bond acceptors (Lipinski definition) is 3. The molecule has 106 valence electrons. The first-order valence-corrected chi connectivity index (χ1v) is 7.59. The van der Waals surface area contributed by atoms with Gasteiger partial charge < -0.3 is 5.32 Å². The highest BCUT2D eigenvalue weighted by Crippen LogP contribution is 2.28. The maximum absolute atomic E-state index is 13.9. The molecule has 0 saturated carbocycles. The zero-order valence-corrected chi connectivity index (χ0v) is 12.5. The minimum absolute atomic E-state index is 0.182. The van der Waals surface area contributed by atoms with Crippen LogP contribution in [0.5, 0.6) is 0 Å². The molecule has 0 aliphatic carbocycles. The fourth-order valence-electron chi connectivity index (χ4n) is 2.15. The van der Waals surface area contributed by atoms with E-state index in [0.29, 0.717) is 12.1 Å². The summed E-state index contributed by atoms with van der Waals surface area (Å²) >= 11 is 1.55. The summed E-state index contributed by atoms with van der Waals surface area (Å²) in [6.45, 7) is 2.68. The lowest BCUT2D eigenvalue weighted by atomic mass is 10.1. The van der Waals surface area contributed by atoms with Crippen LogP contribution in [0.3, 0.4) is 0 Å². The van der Waals surface area contributed by atoms with Crippen molar-refractivity contribution in [1.82, 2.24) is 4.98 Å². The van der Waals surface area contributed by atoms with Crippen LogP contribution in [0.25, 0.3) is 10.4 Å². The minimum Gasteiger partial charge on any atom is -0.380 e. The Balaban J connectivity index is 1.81. The van der Waals surface area contributed by atoms with Crippen molar-refractivity contribution in [3.05, 3.63) is 71.1 Å². The quantitative estimate of drug-likeness (QED) is 0.743. The van der Waals surface area contributed by atoms with E-state index < -0.39 is 0 Å². The van der Waals surface area contributed by atoms with Gasteiger partial charge in [-0.3, -0.25) is 4.98 Å². The average Bonchev–Trinajstić information content (AvgIpc) is 3.02. The molecule has 2 aromatic heterocycles. The number of hydrogen-bond donors (Lipinski definition) is 1. The van der Waals surface area contributed by atoms with Crippen molar-refractivity contribution in [1.29, 1.82) is 0 Å². The first-order chi connectivity index (χ1) is 10.2. The Labute approximate surface area is 127 Å². The lowest BCUT2D eigenvalue weighted by Gasteiger charge is -2.10. The van der Waals surface area contributed by atoms with Crippen molar-refractivity contribution in [3.8, 4) is 10.4 Å². The lowest BCUT2D eigenvalue weighted by molar-refractivity contribution is 0.631. The van der Waals surface area contributed by atoms with E-state index in [1.165, 1.54) is 6.07 Å². The summed E-state index contributed by atoms with van der Waals surface area (Å²) in [6, 6.07) is 11.1. The van der Waals surface area contributed by atoms with E-state index in [4.69, 9.17) is 0 Å². The van der Waals surface area contributed by atoms with Gasteiger partial charge in [0.15, 0.2) is 0 Å². The number of nitrogens with one attached hydrogen (secondary N) is 1. The van der Waals surface area contributed by atoms with Crippen LogP contribution in [-0.4, -0.2) is 4.98 Å². The maximum atomic E-state index is 13.9. The molecule has 0 amide bonds. The molecule has 3 aromatic rings. The third kappa shape index (κ3) is 3.11. The smallest absolute Gasteiger partial charge is 0.131 e. The fourth-order valence-corrected chi connectivity index (χ4v) is 2.89. The van der Waals surface area contributed by atoms with Crippen LogP contribution in [0.15, 0.2) is 54.2 Å². The van der Waals surface area contributed by atoms with Gasteiger partial charge in [0.2, 0.25) is 0 Å².